The molecule has 3 N–H and O–H groups in total. The normalized spacial score (nSPS) is 10.7. The molecular formula is C12H11N5S. The van der Waals surface area contributed by atoms with Gasteiger partial charge in [0.1, 0.15) is 10.8 Å². The Kier molecular flexibility index (Phi) is 2.77. The fourth-order valence-corrected chi connectivity index (χ4v) is 2.29. The first-order valence-electron chi connectivity index (χ1n) is 5.47. The van der Waals surface area contributed by atoms with Gasteiger partial charge in [-0.2, -0.15) is 5.10 Å². The van der Waals surface area contributed by atoms with E-state index in [1.807, 2.05) is 29.6 Å². The number of aromatic amines is 1. The van der Waals surface area contributed by atoms with Gasteiger partial charge in [-0.15, -0.1) is 11.3 Å². The van der Waals surface area contributed by atoms with E-state index < -0.39 is 0 Å². The minimum Gasteiger partial charge on any atom is -0.399 e. The maximum atomic E-state index is 5.74. The van der Waals surface area contributed by atoms with Crippen LogP contribution in [0.1, 0.15) is 10.8 Å². The first kappa shape index (κ1) is 10.9. The highest BCUT2D eigenvalue weighted by molar-refractivity contribution is 7.09. The number of benzene rings is 1. The Balaban J connectivity index is 1.85. The van der Waals surface area contributed by atoms with Crippen LogP contribution in [0.2, 0.25) is 0 Å². The summed E-state index contributed by atoms with van der Waals surface area (Å²) in [5.41, 5.74) is 7.36. The van der Waals surface area contributed by atoms with Gasteiger partial charge in [0.05, 0.1) is 6.42 Å². The molecule has 0 aliphatic carbocycles. The van der Waals surface area contributed by atoms with E-state index in [1.54, 1.807) is 17.5 Å². The second-order valence-electron chi connectivity index (χ2n) is 3.83. The molecule has 1 aromatic carbocycles. The van der Waals surface area contributed by atoms with Crippen molar-refractivity contribution in [1.29, 1.82) is 0 Å². The molecule has 2 aromatic heterocycles. The second kappa shape index (κ2) is 4.58. The third-order valence-corrected chi connectivity index (χ3v) is 3.26. The van der Waals surface area contributed by atoms with Crippen molar-refractivity contribution in [3.63, 3.8) is 0 Å². The van der Waals surface area contributed by atoms with Crippen LogP contribution in [0.4, 0.5) is 5.69 Å². The van der Waals surface area contributed by atoms with Gasteiger partial charge >= 0.3 is 0 Å². The third-order valence-electron chi connectivity index (χ3n) is 2.48. The average molecular weight is 257 g/mol. The number of anilines is 1. The van der Waals surface area contributed by atoms with Gasteiger partial charge < -0.3 is 5.73 Å². The van der Waals surface area contributed by atoms with Crippen LogP contribution in [0, 0.1) is 0 Å². The second-order valence-corrected chi connectivity index (χ2v) is 4.81. The van der Waals surface area contributed by atoms with Crippen LogP contribution in [0.5, 0.6) is 0 Å². The molecule has 5 nitrogen and oxygen atoms in total. The molecule has 0 bridgehead atoms. The number of H-pyrrole nitrogens is 1. The van der Waals surface area contributed by atoms with Crippen molar-refractivity contribution < 1.29 is 0 Å². The van der Waals surface area contributed by atoms with E-state index in [1.165, 1.54) is 0 Å². The van der Waals surface area contributed by atoms with Crippen molar-refractivity contribution in [3.05, 3.63) is 46.7 Å². The molecule has 90 valence electrons. The molecule has 0 atom stereocenters. The molecule has 0 unspecified atom stereocenters. The summed E-state index contributed by atoms with van der Waals surface area (Å²) in [6.07, 6.45) is 2.46. The van der Waals surface area contributed by atoms with E-state index in [0.29, 0.717) is 17.9 Å². The van der Waals surface area contributed by atoms with E-state index in [9.17, 15) is 0 Å². The molecule has 0 spiro atoms. The summed E-state index contributed by atoms with van der Waals surface area (Å²) < 4.78 is 0. The molecule has 0 aliphatic rings. The number of nitrogens with zero attached hydrogens (tertiary/aromatic N) is 3. The predicted molar refractivity (Wildman–Crippen MR) is 71.2 cm³/mol. The summed E-state index contributed by atoms with van der Waals surface area (Å²) in [4.78, 5) is 8.66. The van der Waals surface area contributed by atoms with E-state index in [-0.39, 0.29) is 0 Å². The number of aromatic nitrogens is 4. The minimum atomic E-state index is 0.661. The van der Waals surface area contributed by atoms with Gasteiger partial charge in [-0.25, -0.2) is 9.97 Å². The third kappa shape index (κ3) is 2.23. The Morgan fingerprint density at radius 3 is 3.06 bits per heavy atom. The molecule has 0 fully saturated rings. The molecule has 18 heavy (non-hydrogen) atoms. The highest BCUT2D eigenvalue weighted by Crippen LogP contribution is 2.18. The van der Waals surface area contributed by atoms with Gasteiger partial charge in [0.25, 0.3) is 0 Å². The van der Waals surface area contributed by atoms with E-state index >= 15 is 0 Å². The maximum Gasteiger partial charge on any atom is 0.181 e. The summed E-state index contributed by atoms with van der Waals surface area (Å²) in [5, 5.41) is 10.1. The van der Waals surface area contributed by atoms with Crippen LogP contribution >= 0.6 is 11.3 Å². The molecule has 0 saturated carbocycles. The predicted octanol–water partition coefficient (Wildman–Crippen LogP) is 2.10. The Bertz CT molecular complexity index is 644. The number of rotatable bonds is 3. The monoisotopic (exact) mass is 257 g/mol. The molecule has 2 heterocycles. The Hall–Kier alpha value is -2.21. The van der Waals surface area contributed by atoms with Gasteiger partial charge in [0.2, 0.25) is 0 Å². The van der Waals surface area contributed by atoms with E-state index in [4.69, 9.17) is 5.73 Å². The van der Waals surface area contributed by atoms with Gasteiger partial charge in [0, 0.05) is 22.8 Å². The number of hydrogen-bond donors (Lipinski definition) is 2. The SMILES string of the molecule is Nc1cccc(-c2n[nH]c(Cc3nccs3)n2)c1. The molecule has 0 amide bonds. The molecule has 6 heteroatoms. The zero-order chi connectivity index (χ0) is 12.4. The average Bonchev–Trinajstić information content (AvgIpc) is 3.01. The first-order valence-corrected chi connectivity index (χ1v) is 6.35. The number of nitrogens with two attached hydrogens (primary N) is 1. The maximum absolute atomic E-state index is 5.74. The molecule has 0 radical (unpaired) electrons. The van der Waals surface area contributed by atoms with Crippen LogP contribution in [-0.4, -0.2) is 20.2 Å². The summed E-state index contributed by atoms with van der Waals surface area (Å²) in [7, 11) is 0. The number of nitrogens with one attached hydrogen (secondary N) is 1. The summed E-state index contributed by atoms with van der Waals surface area (Å²) in [6, 6.07) is 7.53. The molecular weight excluding hydrogens is 246 g/mol. The summed E-state index contributed by atoms with van der Waals surface area (Å²) in [5.74, 6) is 1.47. The van der Waals surface area contributed by atoms with Crippen LogP contribution in [0.15, 0.2) is 35.8 Å². The van der Waals surface area contributed by atoms with Gasteiger partial charge in [-0.05, 0) is 12.1 Å². The summed E-state index contributed by atoms with van der Waals surface area (Å²) in [6.45, 7) is 0. The van der Waals surface area contributed by atoms with Crippen LogP contribution in [0.3, 0.4) is 0 Å². The summed E-state index contributed by atoms with van der Waals surface area (Å²) >= 11 is 1.61. The zero-order valence-corrected chi connectivity index (χ0v) is 10.3. The van der Waals surface area contributed by atoms with Crippen molar-refractivity contribution in [2.75, 3.05) is 5.73 Å². The Labute approximate surface area is 108 Å². The topological polar surface area (TPSA) is 80.5 Å². The van der Waals surface area contributed by atoms with Crippen molar-refractivity contribution in [3.8, 4) is 11.4 Å². The number of hydrogen-bond acceptors (Lipinski definition) is 5. The first-order chi connectivity index (χ1) is 8.81. The van der Waals surface area contributed by atoms with Crippen molar-refractivity contribution in [2.24, 2.45) is 0 Å². The molecule has 3 aromatic rings. The Morgan fingerprint density at radius 1 is 1.33 bits per heavy atom. The molecule has 0 aliphatic heterocycles. The lowest BCUT2D eigenvalue weighted by Crippen LogP contribution is -1.89. The van der Waals surface area contributed by atoms with Gasteiger partial charge in [-0.1, -0.05) is 12.1 Å². The number of thiazole rings is 1. The lowest BCUT2D eigenvalue weighted by atomic mass is 10.2. The number of nitrogen functional groups attached to an aromatic ring is 1. The van der Waals surface area contributed by atoms with Gasteiger partial charge in [0.15, 0.2) is 5.82 Å². The van der Waals surface area contributed by atoms with E-state index in [0.717, 1.165) is 16.4 Å². The molecule has 0 saturated heterocycles. The minimum absolute atomic E-state index is 0.661. The van der Waals surface area contributed by atoms with Gasteiger partial charge in [-0.3, -0.25) is 5.10 Å². The standard InChI is InChI=1S/C12H11N5S/c13-9-3-1-2-8(6-9)12-15-10(16-17-12)7-11-14-4-5-18-11/h1-6H,7,13H2,(H,15,16,17). The fourth-order valence-electron chi connectivity index (χ4n) is 1.66. The van der Waals surface area contributed by atoms with Crippen LogP contribution in [-0.2, 0) is 6.42 Å². The fraction of sp³-hybridized carbons (Fsp3) is 0.0833. The van der Waals surface area contributed by atoms with Crippen LogP contribution in [0.25, 0.3) is 11.4 Å². The molecule has 3 rings (SSSR count). The smallest absolute Gasteiger partial charge is 0.181 e. The quantitative estimate of drug-likeness (QED) is 0.704. The lowest BCUT2D eigenvalue weighted by molar-refractivity contribution is 0.963. The zero-order valence-electron chi connectivity index (χ0n) is 9.50. The van der Waals surface area contributed by atoms with Crippen molar-refractivity contribution in [2.45, 2.75) is 6.42 Å². The van der Waals surface area contributed by atoms with Crippen molar-refractivity contribution in [1.82, 2.24) is 20.2 Å². The largest absolute Gasteiger partial charge is 0.399 e. The van der Waals surface area contributed by atoms with Crippen LogP contribution < -0.4 is 5.73 Å². The Morgan fingerprint density at radius 2 is 2.28 bits per heavy atom. The highest BCUT2D eigenvalue weighted by atomic mass is 32.1. The lowest BCUT2D eigenvalue weighted by Gasteiger charge is -1.96. The highest BCUT2D eigenvalue weighted by Gasteiger charge is 2.07. The van der Waals surface area contributed by atoms with Crippen molar-refractivity contribution >= 4 is 17.0 Å². The van der Waals surface area contributed by atoms with E-state index in [2.05, 4.69) is 20.2 Å².